The first-order valence-corrected chi connectivity index (χ1v) is 5.57. The van der Waals surface area contributed by atoms with Gasteiger partial charge in [-0.2, -0.15) is 0 Å². The van der Waals surface area contributed by atoms with Crippen LogP contribution >= 0.6 is 11.3 Å². The van der Waals surface area contributed by atoms with Crippen molar-refractivity contribution in [3.63, 3.8) is 0 Å². The SMILES string of the molecule is CC1CC(N)CCN1c1nccs1. The number of hydrogen-bond acceptors (Lipinski definition) is 4. The fourth-order valence-corrected chi connectivity index (χ4v) is 2.62. The molecule has 1 aliphatic rings. The number of nitrogens with two attached hydrogens (primary N) is 1. The number of nitrogens with zero attached hydrogens (tertiary/aromatic N) is 2. The molecule has 0 spiro atoms. The molecule has 2 atom stereocenters. The van der Waals surface area contributed by atoms with Crippen molar-refractivity contribution < 1.29 is 0 Å². The number of rotatable bonds is 1. The first kappa shape index (κ1) is 8.97. The van der Waals surface area contributed by atoms with Crippen LogP contribution in [0.4, 0.5) is 5.13 Å². The number of hydrogen-bond donors (Lipinski definition) is 1. The summed E-state index contributed by atoms with van der Waals surface area (Å²) >= 11 is 1.71. The van der Waals surface area contributed by atoms with Crippen molar-refractivity contribution in [1.82, 2.24) is 4.98 Å². The van der Waals surface area contributed by atoms with E-state index in [1.165, 1.54) is 0 Å². The number of anilines is 1. The van der Waals surface area contributed by atoms with Gasteiger partial charge in [0.05, 0.1) is 0 Å². The predicted octanol–water partition coefficient (Wildman–Crippen LogP) is 1.46. The lowest BCUT2D eigenvalue weighted by Gasteiger charge is -2.36. The lowest BCUT2D eigenvalue weighted by molar-refractivity contribution is 0.429. The third kappa shape index (κ3) is 1.84. The van der Waals surface area contributed by atoms with E-state index in [-0.39, 0.29) is 0 Å². The van der Waals surface area contributed by atoms with Gasteiger partial charge in [0.2, 0.25) is 0 Å². The minimum atomic E-state index is 0.381. The molecule has 0 aliphatic carbocycles. The average Bonchev–Trinajstić information content (AvgIpc) is 2.56. The van der Waals surface area contributed by atoms with E-state index in [0.717, 1.165) is 24.5 Å². The minimum absolute atomic E-state index is 0.381. The molecule has 13 heavy (non-hydrogen) atoms. The van der Waals surface area contributed by atoms with Crippen molar-refractivity contribution in [1.29, 1.82) is 0 Å². The highest BCUT2D eigenvalue weighted by Crippen LogP contribution is 2.25. The molecule has 0 bridgehead atoms. The highest BCUT2D eigenvalue weighted by Gasteiger charge is 2.24. The van der Waals surface area contributed by atoms with Crippen LogP contribution in [0, 0.1) is 0 Å². The molecule has 0 radical (unpaired) electrons. The van der Waals surface area contributed by atoms with Crippen molar-refractivity contribution in [3.05, 3.63) is 11.6 Å². The van der Waals surface area contributed by atoms with Gasteiger partial charge >= 0.3 is 0 Å². The zero-order chi connectivity index (χ0) is 9.26. The summed E-state index contributed by atoms with van der Waals surface area (Å²) in [7, 11) is 0. The summed E-state index contributed by atoms with van der Waals surface area (Å²) in [6, 6.07) is 0.918. The molecule has 1 aromatic rings. The van der Waals surface area contributed by atoms with Crippen molar-refractivity contribution in [2.24, 2.45) is 5.73 Å². The summed E-state index contributed by atoms with van der Waals surface area (Å²) in [5, 5.41) is 3.16. The Morgan fingerprint density at radius 1 is 1.69 bits per heavy atom. The van der Waals surface area contributed by atoms with Gasteiger partial charge in [-0.05, 0) is 19.8 Å². The van der Waals surface area contributed by atoms with E-state index >= 15 is 0 Å². The molecule has 1 aromatic heterocycles. The van der Waals surface area contributed by atoms with E-state index < -0.39 is 0 Å². The van der Waals surface area contributed by atoms with Crippen LogP contribution in [-0.4, -0.2) is 23.6 Å². The molecule has 0 aromatic carbocycles. The van der Waals surface area contributed by atoms with Crippen molar-refractivity contribution in [2.75, 3.05) is 11.4 Å². The first-order valence-electron chi connectivity index (χ1n) is 4.69. The molecule has 0 amide bonds. The zero-order valence-corrected chi connectivity index (χ0v) is 8.63. The van der Waals surface area contributed by atoms with E-state index in [0.29, 0.717) is 12.1 Å². The van der Waals surface area contributed by atoms with E-state index in [1.54, 1.807) is 11.3 Å². The van der Waals surface area contributed by atoms with Crippen LogP contribution in [0.3, 0.4) is 0 Å². The zero-order valence-electron chi connectivity index (χ0n) is 7.81. The van der Waals surface area contributed by atoms with Gasteiger partial charge in [-0.25, -0.2) is 4.98 Å². The van der Waals surface area contributed by atoms with Crippen molar-refractivity contribution in [3.8, 4) is 0 Å². The van der Waals surface area contributed by atoms with Gasteiger partial charge < -0.3 is 10.6 Å². The Hall–Kier alpha value is -0.610. The van der Waals surface area contributed by atoms with Crippen molar-refractivity contribution in [2.45, 2.75) is 31.8 Å². The van der Waals surface area contributed by atoms with Gasteiger partial charge in [0.15, 0.2) is 5.13 Å². The number of aromatic nitrogens is 1. The second-order valence-corrected chi connectivity index (χ2v) is 4.51. The molecule has 2 N–H and O–H groups in total. The summed E-state index contributed by atoms with van der Waals surface area (Å²) in [6.07, 6.45) is 4.03. The third-order valence-corrected chi connectivity index (χ3v) is 3.39. The van der Waals surface area contributed by atoms with E-state index in [9.17, 15) is 0 Å². The Bertz CT molecular complexity index is 260. The maximum Gasteiger partial charge on any atom is 0.185 e. The normalized spacial score (nSPS) is 29.2. The molecule has 1 saturated heterocycles. The monoisotopic (exact) mass is 197 g/mol. The molecular weight excluding hydrogens is 182 g/mol. The second-order valence-electron chi connectivity index (χ2n) is 3.64. The van der Waals surface area contributed by atoms with Gasteiger partial charge in [-0.3, -0.25) is 0 Å². The highest BCUT2D eigenvalue weighted by atomic mass is 32.1. The average molecular weight is 197 g/mol. The quantitative estimate of drug-likeness (QED) is 0.741. The lowest BCUT2D eigenvalue weighted by atomic mass is 10.00. The topological polar surface area (TPSA) is 42.1 Å². The summed E-state index contributed by atoms with van der Waals surface area (Å²) < 4.78 is 0. The van der Waals surface area contributed by atoms with Crippen molar-refractivity contribution >= 4 is 16.5 Å². The van der Waals surface area contributed by atoms with Crippen LogP contribution in [0.5, 0.6) is 0 Å². The molecule has 3 nitrogen and oxygen atoms in total. The maximum absolute atomic E-state index is 5.90. The number of thiazole rings is 1. The summed E-state index contributed by atoms with van der Waals surface area (Å²) in [5.41, 5.74) is 5.90. The van der Waals surface area contributed by atoms with Gasteiger partial charge in [0.25, 0.3) is 0 Å². The van der Waals surface area contributed by atoms with Crippen LogP contribution in [0.15, 0.2) is 11.6 Å². The van der Waals surface area contributed by atoms with Gasteiger partial charge in [-0.15, -0.1) is 11.3 Å². The Morgan fingerprint density at radius 3 is 3.15 bits per heavy atom. The lowest BCUT2D eigenvalue weighted by Crippen LogP contribution is -2.45. The first-order chi connectivity index (χ1) is 6.27. The van der Waals surface area contributed by atoms with Crippen LogP contribution in [-0.2, 0) is 0 Å². The summed E-state index contributed by atoms with van der Waals surface area (Å²) in [5.74, 6) is 0. The Labute approximate surface area is 82.6 Å². The third-order valence-electron chi connectivity index (χ3n) is 2.58. The maximum atomic E-state index is 5.90. The molecule has 2 unspecified atom stereocenters. The van der Waals surface area contributed by atoms with E-state index in [4.69, 9.17) is 5.73 Å². The van der Waals surface area contributed by atoms with E-state index in [2.05, 4.69) is 16.8 Å². The minimum Gasteiger partial charge on any atom is -0.345 e. The molecule has 72 valence electrons. The largest absolute Gasteiger partial charge is 0.345 e. The molecule has 4 heteroatoms. The van der Waals surface area contributed by atoms with E-state index in [1.807, 2.05) is 11.6 Å². The van der Waals surface area contributed by atoms with Crippen LogP contribution in [0.1, 0.15) is 19.8 Å². The predicted molar refractivity (Wildman–Crippen MR) is 56.1 cm³/mol. The molecule has 1 aliphatic heterocycles. The van der Waals surface area contributed by atoms with Gasteiger partial charge in [0.1, 0.15) is 0 Å². The number of piperidine rings is 1. The Balaban J connectivity index is 2.08. The smallest absolute Gasteiger partial charge is 0.185 e. The van der Waals surface area contributed by atoms with Gasteiger partial charge in [0, 0.05) is 30.2 Å². The van der Waals surface area contributed by atoms with Crippen LogP contribution < -0.4 is 10.6 Å². The summed E-state index contributed by atoms with van der Waals surface area (Å²) in [6.45, 7) is 3.27. The second kappa shape index (κ2) is 3.64. The van der Waals surface area contributed by atoms with Crippen LogP contribution in [0.25, 0.3) is 0 Å². The molecular formula is C9H15N3S. The Morgan fingerprint density at radius 2 is 2.54 bits per heavy atom. The van der Waals surface area contributed by atoms with Gasteiger partial charge in [-0.1, -0.05) is 0 Å². The molecule has 2 heterocycles. The molecule has 0 saturated carbocycles. The molecule has 1 fully saturated rings. The standard InChI is InChI=1S/C9H15N3S/c1-7-6-8(10)2-4-12(7)9-11-3-5-13-9/h3,5,7-8H,2,4,6,10H2,1H3. The van der Waals surface area contributed by atoms with Crippen LogP contribution in [0.2, 0.25) is 0 Å². The fraction of sp³-hybridized carbons (Fsp3) is 0.667. The molecule has 2 rings (SSSR count). The highest BCUT2D eigenvalue weighted by molar-refractivity contribution is 7.13. The summed E-state index contributed by atoms with van der Waals surface area (Å²) in [4.78, 5) is 6.67. The Kier molecular flexibility index (Phi) is 2.51. The fourth-order valence-electron chi connectivity index (χ4n) is 1.85.